The minimum atomic E-state index is -0.161. The molecule has 0 aliphatic rings. The van der Waals surface area contributed by atoms with Crippen LogP contribution in [-0.2, 0) is 11.8 Å². The first-order chi connectivity index (χ1) is 15.9. The largest absolute Gasteiger partial charge is 0.368 e. The third-order valence-electron chi connectivity index (χ3n) is 5.68. The normalized spacial score (nSPS) is 11.5. The summed E-state index contributed by atoms with van der Waals surface area (Å²) in [4.78, 5) is 20.5. The number of nitrogens with one attached hydrogen (secondary N) is 1. The van der Waals surface area contributed by atoms with E-state index in [2.05, 4.69) is 57.1 Å². The van der Waals surface area contributed by atoms with Gasteiger partial charge in [-0.25, -0.2) is 24.6 Å². The van der Waals surface area contributed by atoms with Crippen molar-refractivity contribution in [2.75, 3.05) is 5.73 Å². The second-order valence-electron chi connectivity index (χ2n) is 8.51. The fourth-order valence-corrected chi connectivity index (χ4v) is 3.95. The molecule has 0 radical (unpaired) electrons. The van der Waals surface area contributed by atoms with Gasteiger partial charge in [-0.1, -0.05) is 19.9 Å². The van der Waals surface area contributed by atoms with Gasteiger partial charge in [0.2, 0.25) is 5.95 Å². The van der Waals surface area contributed by atoms with Crippen molar-refractivity contribution < 1.29 is 0 Å². The van der Waals surface area contributed by atoms with Crippen LogP contribution in [0, 0.1) is 11.3 Å². The molecule has 0 fully saturated rings. The third kappa shape index (κ3) is 3.90. The fraction of sp³-hybridized carbons (Fsp3) is 0.167. The Morgan fingerprint density at radius 1 is 1.12 bits per heavy atom. The summed E-state index contributed by atoms with van der Waals surface area (Å²) in [5.41, 5.74) is 11.5. The topological polar surface area (TPSA) is 135 Å². The summed E-state index contributed by atoms with van der Waals surface area (Å²) in [7, 11) is 0. The number of nitrogen functional groups attached to an aromatic ring is 1. The summed E-state index contributed by atoms with van der Waals surface area (Å²) < 4.78 is 1.66. The highest BCUT2D eigenvalue weighted by Gasteiger charge is 2.23. The number of H-pyrrole nitrogens is 1. The predicted molar refractivity (Wildman–Crippen MR) is 124 cm³/mol. The second-order valence-corrected chi connectivity index (χ2v) is 8.51. The Kier molecular flexibility index (Phi) is 4.83. The summed E-state index contributed by atoms with van der Waals surface area (Å²) in [5, 5.41) is 13.6. The lowest BCUT2D eigenvalue weighted by atomic mass is 9.79. The minimum absolute atomic E-state index is 0.161. The smallest absolute Gasteiger partial charge is 0.219 e. The zero-order chi connectivity index (χ0) is 23.0. The lowest BCUT2D eigenvalue weighted by Crippen LogP contribution is -2.20. The van der Waals surface area contributed by atoms with Gasteiger partial charge in [0.1, 0.15) is 18.5 Å². The molecule has 2 aromatic carbocycles. The fourth-order valence-electron chi connectivity index (χ4n) is 3.95. The van der Waals surface area contributed by atoms with Crippen molar-refractivity contribution in [2.45, 2.75) is 25.7 Å². The molecule has 162 valence electrons. The molecule has 0 bridgehead atoms. The maximum absolute atomic E-state index is 9.40. The highest BCUT2D eigenvalue weighted by atomic mass is 15.3. The Morgan fingerprint density at radius 3 is 2.67 bits per heavy atom. The predicted octanol–water partition coefficient (Wildman–Crippen LogP) is 3.57. The number of benzene rings is 2. The molecule has 0 aliphatic heterocycles. The van der Waals surface area contributed by atoms with Crippen molar-refractivity contribution in [3.05, 3.63) is 78.1 Å². The van der Waals surface area contributed by atoms with Crippen LogP contribution in [-0.4, -0.2) is 34.7 Å². The molecule has 3 N–H and O–H groups in total. The molecule has 3 aromatic heterocycles. The van der Waals surface area contributed by atoms with Crippen LogP contribution in [0.2, 0.25) is 0 Å². The number of aromatic amines is 1. The monoisotopic (exact) mass is 435 g/mol. The first-order valence-corrected chi connectivity index (χ1v) is 10.4. The minimum Gasteiger partial charge on any atom is -0.368 e. The van der Waals surface area contributed by atoms with Gasteiger partial charge < -0.3 is 10.7 Å². The van der Waals surface area contributed by atoms with E-state index in [1.807, 2.05) is 12.1 Å². The van der Waals surface area contributed by atoms with E-state index in [-0.39, 0.29) is 11.4 Å². The first kappa shape index (κ1) is 20.3. The lowest BCUT2D eigenvalue weighted by molar-refractivity contribution is 0.521. The molecular weight excluding hydrogens is 414 g/mol. The van der Waals surface area contributed by atoms with Gasteiger partial charge in [0.25, 0.3) is 0 Å². The average Bonchev–Trinajstić information content (AvgIpc) is 3.49. The molecule has 0 unspecified atom stereocenters. The van der Waals surface area contributed by atoms with E-state index in [0.29, 0.717) is 11.4 Å². The van der Waals surface area contributed by atoms with E-state index in [4.69, 9.17) is 10.7 Å². The van der Waals surface area contributed by atoms with Crippen LogP contribution in [0.3, 0.4) is 0 Å². The molecule has 5 aromatic rings. The van der Waals surface area contributed by atoms with Crippen LogP contribution in [0.5, 0.6) is 0 Å². The first-order valence-electron chi connectivity index (χ1n) is 10.4. The number of hydrogen-bond acceptors (Lipinski definition) is 7. The number of nitrogens with zero attached hydrogens (tertiary/aromatic N) is 7. The molecule has 0 amide bonds. The van der Waals surface area contributed by atoms with Crippen LogP contribution >= 0.6 is 0 Å². The van der Waals surface area contributed by atoms with Crippen LogP contribution in [0.15, 0.2) is 61.4 Å². The van der Waals surface area contributed by atoms with Crippen LogP contribution in [0.4, 0.5) is 5.95 Å². The number of aromatic nitrogens is 7. The molecule has 0 saturated carbocycles. The molecule has 9 heteroatoms. The summed E-state index contributed by atoms with van der Waals surface area (Å²) in [6, 6.07) is 13.8. The van der Waals surface area contributed by atoms with Crippen molar-refractivity contribution in [1.82, 2.24) is 34.7 Å². The van der Waals surface area contributed by atoms with E-state index in [0.717, 1.165) is 39.8 Å². The maximum atomic E-state index is 9.40. The number of nitrogens with two attached hydrogens (primary N) is 1. The van der Waals surface area contributed by atoms with Crippen molar-refractivity contribution >= 4 is 17.0 Å². The Labute approximate surface area is 190 Å². The molecule has 0 spiro atoms. The number of rotatable bonds is 5. The zero-order valence-electron chi connectivity index (χ0n) is 18.2. The molecule has 5 rings (SSSR count). The molecule has 3 heterocycles. The summed E-state index contributed by atoms with van der Waals surface area (Å²) in [6.07, 6.45) is 7.39. The third-order valence-corrected chi connectivity index (χ3v) is 5.68. The number of anilines is 1. The number of imidazole rings is 1. The van der Waals surface area contributed by atoms with Gasteiger partial charge in [-0.15, -0.1) is 0 Å². The highest BCUT2D eigenvalue weighted by Crippen LogP contribution is 2.32. The van der Waals surface area contributed by atoms with E-state index in [1.54, 1.807) is 35.5 Å². The van der Waals surface area contributed by atoms with E-state index < -0.39 is 0 Å². The molecule has 0 aliphatic carbocycles. The van der Waals surface area contributed by atoms with Crippen molar-refractivity contribution in [3.8, 4) is 23.1 Å². The van der Waals surface area contributed by atoms with E-state index >= 15 is 0 Å². The number of fused-ring (bicyclic) bond motifs is 1. The van der Waals surface area contributed by atoms with Crippen LogP contribution in [0.25, 0.3) is 28.1 Å². The Hall–Kier alpha value is -4.58. The Balaban J connectivity index is 1.54. The zero-order valence-corrected chi connectivity index (χ0v) is 18.2. The molecule has 0 saturated heterocycles. The van der Waals surface area contributed by atoms with Gasteiger partial charge in [0, 0.05) is 18.0 Å². The van der Waals surface area contributed by atoms with Gasteiger partial charge in [-0.2, -0.15) is 10.4 Å². The van der Waals surface area contributed by atoms with Crippen LogP contribution in [0.1, 0.15) is 30.5 Å². The molecular formula is C24H21N9. The standard InChI is InChI=1S/C24H21N9/c1-24(2,9-16-11-28-23(26)29-12-16)17-4-5-19-20(8-17)32-22(31-19)18-7-15(10-25)3-6-21(18)33-14-27-13-30-33/h3-8,11-14H,9H2,1-2H3,(H,31,32)(H2,26,28,29). The lowest BCUT2D eigenvalue weighted by Gasteiger charge is -2.25. The van der Waals surface area contributed by atoms with Crippen molar-refractivity contribution in [2.24, 2.45) is 0 Å². The van der Waals surface area contributed by atoms with Gasteiger partial charge in [-0.05, 0) is 53.3 Å². The van der Waals surface area contributed by atoms with Gasteiger partial charge >= 0.3 is 0 Å². The SMILES string of the molecule is CC(C)(Cc1cnc(N)nc1)c1ccc2nc(-c3cc(C#N)ccc3-n3cncn3)[nH]c2c1. The van der Waals surface area contributed by atoms with E-state index in [1.165, 1.54) is 6.33 Å². The van der Waals surface area contributed by atoms with Crippen molar-refractivity contribution in [3.63, 3.8) is 0 Å². The van der Waals surface area contributed by atoms with Gasteiger partial charge in [0.05, 0.1) is 28.4 Å². The highest BCUT2D eigenvalue weighted by molar-refractivity contribution is 5.82. The van der Waals surface area contributed by atoms with E-state index in [9.17, 15) is 5.26 Å². The van der Waals surface area contributed by atoms with Gasteiger partial charge in [0.15, 0.2) is 0 Å². The van der Waals surface area contributed by atoms with Crippen LogP contribution < -0.4 is 5.73 Å². The molecule has 9 nitrogen and oxygen atoms in total. The molecule has 0 atom stereocenters. The molecule has 33 heavy (non-hydrogen) atoms. The van der Waals surface area contributed by atoms with Crippen molar-refractivity contribution in [1.29, 1.82) is 5.26 Å². The Morgan fingerprint density at radius 2 is 1.94 bits per heavy atom. The second kappa shape index (κ2) is 7.84. The average molecular weight is 435 g/mol. The summed E-state index contributed by atoms with van der Waals surface area (Å²) >= 11 is 0. The summed E-state index contributed by atoms with van der Waals surface area (Å²) in [6.45, 7) is 4.36. The quantitative estimate of drug-likeness (QED) is 0.431. The number of hydrogen-bond donors (Lipinski definition) is 2. The number of nitriles is 1. The Bertz CT molecular complexity index is 1470. The summed E-state index contributed by atoms with van der Waals surface area (Å²) in [5.74, 6) is 0.934. The van der Waals surface area contributed by atoms with Gasteiger partial charge in [-0.3, -0.25) is 0 Å². The maximum Gasteiger partial charge on any atom is 0.219 e.